The first kappa shape index (κ1) is 16.8. The number of fused-ring (bicyclic) bond motifs is 1. The Morgan fingerprint density at radius 1 is 1.24 bits per heavy atom. The molecule has 1 aromatic heterocycles. The van der Waals surface area contributed by atoms with Gasteiger partial charge in [-0.3, -0.25) is 4.79 Å². The lowest BCUT2D eigenvalue weighted by Gasteiger charge is -2.04. The maximum Gasteiger partial charge on any atom is 0.248 e. The molecule has 1 amide bonds. The van der Waals surface area contributed by atoms with Gasteiger partial charge in [0.2, 0.25) is 5.91 Å². The van der Waals surface area contributed by atoms with Crippen LogP contribution < -0.4 is 10.1 Å². The lowest BCUT2D eigenvalue weighted by Crippen LogP contribution is -2.07. The average Bonchev–Trinajstić information content (AvgIpc) is 2.98. The molecule has 3 aromatic rings. The minimum Gasteiger partial charge on any atom is -0.494 e. The van der Waals surface area contributed by atoms with Crippen molar-refractivity contribution in [2.45, 2.75) is 20.3 Å². The number of carbonyl (C=O) groups excluding carboxylic acids is 1. The molecule has 5 heteroatoms. The number of nitrogens with zero attached hydrogens (tertiary/aromatic N) is 1. The van der Waals surface area contributed by atoms with E-state index in [1.54, 1.807) is 31.2 Å². The van der Waals surface area contributed by atoms with E-state index in [0.717, 1.165) is 23.3 Å². The number of rotatable bonds is 6. The summed E-state index contributed by atoms with van der Waals surface area (Å²) in [5.41, 5.74) is 3.04. The molecule has 0 bridgehead atoms. The molecule has 0 spiro atoms. The van der Waals surface area contributed by atoms with Crippen molar-refractivity contribution in [3.05, 3.63) is 60.0 Å². The molecule has 25 heavy (non-hydrogen) atoms. The molecule has 2 aromatic carbocycles. The van der Waals surface area contributed by atoms with Crippen molar-refractivity contribution in [1.29, 1.82) is 0 Å². The second kappa shape index (κ2) is 7.66. The Labute approximate surface area is 146 Å². The third-order valence-corrected chi connectivity index (χ3v) is 3.54. The summed E-state index contributed by atoms with van der Waals surface area (Å²) in [5.74, 6) is 1.23. The monoisotopic (exact) mass is 336 g/mol. The Kier molecular flexibility index (Phi) is 5.14. The van der Waals surface area contributed by atoms with Crippen LogP contribution in [0.2, 0.25) is 0 Å². The van der Waals surface area contributed by atoms with E-state index in [-0.39, 0.29) is 5.91 Å². The van der Waals surface area contributed by atoms with Crippen molar-refractivity contribution in [1.82, 2.24) is 4.98 Å². The number of carbonyl (C=O) groups is 1. The predicted octanol–water partition coefficient (Wildman–Crippen LogP) is 4.58. The van der Waals surface area contributed by atoms with Crippen molar-refractivity contribution in [2.75, 3.05) is 11.9 Å². The summed E-state index contributed by atoms with van der Waals surface area (Å²) in [5, 5.41) is 2.82. The predicted molar refractivity (Wildman–Crippen MR) is 98.6 cm³/mol. The molecular formula is C20H20N2O3. The standard InChI is InChI=1S/C20H20N2O3/c1-3-12-24-17-8-4-15(5-9-17)6-11-20(23)22-16-7-10-19-18(13-16)21-14(2)25-19/h4-11,13H,3,12H2,1-2H3,(H,22,23)/b11-6+. The Bertz CT molecular complexity index is 895. The molecule has 0 saturated carbocycles. The lowest BCUT2D eigenvalue weighted by molar-refractivity contribution is -0.111. The maximum atomic E-state index is 12.1. The number of amides is 1. The second-order valence-electron chi connectivity index (χ2n) is 5.66. The highest BCUT2D eigenvalue weighted by Gasteiger charge is 2.04. The van der Waals surface area contributed by atoms with E-state index < -0.39 is 0 Å². The van der Waals surface area contributed by atoms with Gasteiger partial charge < -0.3 is 14.5 Å². The fourth-order valence-corrected chi connectivity index (χ4v) is 2.37. The van der Waals surface area contributed by atoms with Crippen LogP contribution in [0.1, 0.15) is 24.8 Å². The molecule has 5 nitrogen and oxygen atoms in total. The molecule has 0 radical (unpaired) electrons. The summed E-state index contributed by atoms with van der Waals surface area (Å²) in [4.78, 5) is 16.3. The SMILES string of the molecule is CCCOc1ccc(/C=C/C(=O)Nc2ccc3oc(C)nc3c2)cc1. The highest BCUT2D eigenvalue weighted by molar-refractivity contribution is 6.02. The number of benzene rings is 2. The molecule has 1 N–H and O–H groups in total. The van der Waals surface area contributed by atoms with Crippen LogP contribution in [0.3, 0.4) is 0 Å². The molecule has 0 aliphatic rings. The molecule has 0 aliphatic carbocycles. The van der Waals surface area contributed by atoms with Crippen LogP contribution >= 0.6 is 0 Å². The van der Waals surface area contributed by atoms with Crippen LogP contribution in [0, 0.1) is 6.92 Å². The number of aryl methyl sites for hydroxylation is 1. The number of aromatic nitrogens is 1. The molecule has 3 rings (SSSR count). The summed E-state index contributed by atoms with van der Waals surface area (Å²) in [6.07, 6.45) is 4.24. The van der Waals surface area contributed by atoms with Crippen molar-refractivity contribution in [2.24, 2.45) is 0 Å². The van der Waals surface area contributed by atoms with Gasteiger partial charge in [-0.1, -0.05) is 19.1 Å². The van der Waals surface area contributed by atoms with Crippen LogP contribution in [0.5, 0.6) is 5.75 Å². The summed E-state index contributed by atoms with van der Waals surface area (Å²) in [6, 6.07) is 13.0. The minimum absolute atomic E-state index is 0.203. The topological polar surface area (TPSA) is 64.4 Å². The fraction of sp³-hybridized carbons (Fsp3) is 0.200. The maximum absolute atomic E-state index is 12.1. The van der Waals surface area contributed by atoms with Crippen molar-refractivity contribution in [3.8, 4) is 5.75 Å². The van der Waals surface area contributed by atoms with Gasteiger partial charge in [0.1, 0.15) is 11.3 Å². The molecule has 0 saturated heterocycles. The van der Waals surface area contributed by atoms with Crippen LogP contribution in [0.15, 0.2) is 53.0 Å². The zero-order valence-corrected chi connectivity index (χ0v) is 14.3. The van der Waals surface area contributed by atoms with Crippen LogP contribution in [0.25, 0.3) is 17.2 Å². The first-order chi connectivity index (χ1) is 12.1. The second-order valence-corrected chi connectivity index (χ2v) is 5.66. The average molecular weight is 336 g/mol. The van der Waals surface area contributed by atoms with E-state index >= 15 is 0 Å². The van der Waals surface area contributed by atoms with E-state index in [2.05, 4.69) is 17.2 Å². The van der Waals surface area contributed by atoms with Crippen molar-refractivity contribution < 1.29 is 13.9 Å². The van der Waals surface area contributed by atoms with E-state index in [0.29, 0.717) is 23.8 Å². The summed E-state index contributed by atoms with van der Waals surface area (Å²) >= 11 is 0. The number of anilines is 1. The highest BCUT2D eigenvalue weighted by atomic mass is 16.5. The zero-order chi connectivity index (χ0) is 17.6. The van der Waals surface area contributed by atoms with Crippen LogP contribution in [-0.2, 0) is 4.79 Å². The van der Waals surface area contributed by atoms with Crippen molar-refractivity contribution >= 4 is 28.8 Å². The third-order valence-electron chi connectivity index (χ3n) is 3.54. The summed E-state index contributed by atoms with van der Waals surface area (Å²) < 4.78 is 11.0. The van der Waals surface area contributed by atoms with Crippen LogP contribution in [0.4, 0.5) is 5.69 Å². The largest absolute Gasteiger partial charge is 0.494 e. The zero-order valence-electron chi connectivity index (χ0n) is 14.3. The van der Waals surface area contributed by atoms with Gasteiger partial charge in [0, 0.05) is 18.7 Å². The van der Waals surface area contributed by atoms with Crippen molar-refractivity contribution in [3.63, 3.8) is 0 Å². The molecule has 1 heterocycles. The third kappa shape index (κ3) is 4.47. The minimum atomic E-state index is -0.203. The van der Waals surface area contributed by atoms with Gasteiger partial charge in [0.25, 0.3) is 0 Å². The van der Waals surface area contributed by atoms with Gasteiger partial charge in [-0.25, -0.2) is 4.98 Å². The van der Waals surface area contributed by atoms with E-state index in [1.165, 1.54) is 6.08 Å². The Morgan fingerprint density at radius 3 is 2.80 bits per heavy atom. The lowest BCUT2D eigenvalue weighted by atomic mass is 10.2. The molecular weight excluding hydrogens is 316 g/mol. The van der Waals surface area contributed by atoms with Gasteiger partial charge in [-0.05, 0) is 48.4 Å². The van der Waals surface area contributed by atoms with Gasteiger partial charge in [-0.2, -0.15) is 0 Å². The number of hydrogen-bond acceptors (Lipinski definition) is 4. The summed E-state index contributed by atoms with van der Waals surface area (Å²) in [6.45, 7) is 4.56. The molecule has 0 aliphatic heterocycles. The molecule has 128 valence electrons. The normalized spacial score (nSPS) is 11.1. The Morgan fingerprint density at radius 2 is 2.04 bits per heavy atom. The fourth-order valence-electron chi connectivity index (χ4n) is 2.37. The van der Waals surface area contributed by atoms with E-state index in [1.807, 2.05) is 24.3 Å². The van der Waals surface area contributed by atoms with E-state index in [4.69, 9.17) is 9.15 Å². The molecule has 0 unspecified atom stereocenters. The highest BCUT2D eigenvalue weighted by Crippen LogP contribution is 2.20. The van der Waals surface area contributed by atoms with Gasteiger partial charge in [0.15, 0.2) is 11.5 Å². The number of oxazole rings is 1. The van der Waals surface area contributed by atoms with Gasteiger partial charge >= 0.3 is 0 Å². The Hall–Kier alpha value is -3.08. The number of nitrogens with one attached hydrogen (secondary N) is 1. The van der Waals surface area contributed by atoms with Gasteiger partial charge in [-0.15, -0.1) is 0 Å². The first-order valence-electron chi connectivity index (χ1n) is 8.23. The van der Waals surface area contributed by atoms with Gasteiger partial charge in [0.05, 0.1) is 6.61 Å². The number of hydrogen-bond donors (Lipinski definition) is 1. The molecule has 0 fully saturated rings. The molecule has 0 atom stereocenters. The Balaban J connectivity index is 1.61. The first-order valence-corrected chi connectivity index (χ1v) is 8.23. The van der Waals surface area contributed by atoms with Crippen LogP contribution in [-0.4, -0.2) is 17.5 Å². The summed E-state index contributed by atoms with van der Waals surface area (Å²) in [7, 11) is 0. The van der Waals surface area contributed by atoms with E-state index in [9.17, 15) is 4.79 Å². The quantitative estimate of drug-likeness (QED) is 0.669. The smallest absolute Gasteiger partial charge is 0.248 e. The number of ether oxygens (including phenoxy) is 1.